The molecule has 1 nitrogen and oxygen atoms in total. The fourth-order valence-corrected chi connectivity index (χ4v) is 5.56. The molecule has 1 heteroatoms. The zero-order valence-corrected chi connectivity index (χ0v) is 10.8. The maximum absolute atomic E-state index is 10.6. The Kier molecular flexibility index (Phi) is 1.98. The molecule has 4 rings (SSSR count). The molecule has 0 aliphatic heterocycles. The van der Waals surface area contributed by atoms with Crippen LogP contribution in [0, 0.1) is 29.1 Å². The highest BCUT2D eigenvalue weighted by Gasteiger charge is 2.70. The highest BCUT2D eigenvalue weighted by Crippen LogP contribution is 2.73. The highest BCUT2D eigenvalue weighted by atomic mass is 16.3. The van der Waals surface area contributed by atoms with Gasteiger partial charge in [0.25, 0.3) is 0 Å². The Labute approximate surface area is 98.9 Å². The number of aliphatic hydroxyl groups is 1. The van der Waals surface area contributed by atoms with Crippen molar-refractivity contribution in [1.82, 2.24) is 0 Å². The highest BCUT2D eigenvalue weighted by molar-refractivity contribution is 5.22. The van der Waals surface area contributed by atoms with Crippen LogP contribution >= 0.6 is 0 Å². The number of hydrogen-bond donors (Lipinski definition) is 1. The molecule has 4 aliphatic carbocycles. The zero-order valence-electron chi connectivity index (χ0n) is 10.8. The van der Waals surface area contributed by atoms with Gasteiger partial charge in [-0.25, -0.2) is 0 Å². The van der Waals surface area contributed by atoms with Crippen LogP contribution in [-0.2, 0) is 0 Å². The van der Waals surface area contributed by atoms with Crippen molar-refractivity contribution in [2.24, 2.45) is 29.1 Å². The summed E-state index contributed by atoms with van der Waals surface area (Å²) in [5.74, 6) is 2.82. The van der Waals surface area contributed by atoms with E-state index in [0.717, 1.165) is 18.3 Å². The lowest BCUT2D eigenvalue weighted by atomic mass is 9.32. The Morgan fingerprint density at radius 2 is 1.94 bits per heavy atom. The quantitative estimate of drug-likeness (QED) is 0.672. The van der Waals surface area contributed by atoms with Crippen LogP contribution in [0.15, 0.2) is 12.2 Å². The van der Waals surface area contributed by atoms with Gasteiger partial charge < -0.3 is 5.11 Å². The van der Waals surface area contributed by atoms with E-state index in [9.17, 15) is 5.11 Å². The van der Waals surface area contributed by atoms with Crippen LogP contribution in [0.1, 0.15) is 46.5 Å². The molecule has 4 saturated carbocycles. The molecule has 0 aromatic rings. The number of fused-ring (bicyclic) bond motifs is 2. The molecule has 0 amide bonds. The van der Waals surface area contributed by atoms with E-state index in [1.807, 2.05) is 0 Å². The molecule has 6 atom stereocenters. The third kappa shape index (κ3) is 1.06. The van der Waals surface area contributed by atoms with E-state index in [-0.39, 0.29) is 0 Å². The lowest BCUT2D eigenvalue weighted by molar-refractivity contribution is -0.281. The van der Waals surface area contributed by atoms with Crippen LogP contribution in [0.2, 0.25) is 0 Å². The molecule has 90 valence electrons. The van der Waals surface area contributed by atoms with E-state index >= 15 is 0 Å². The van der Waals surface area contributed by atoms with Crippen molar-refractivity contribution in [2.75, 3.05) is 0 Å². The fourth-order valence-electron chi connectivity index (χ4n) is 5.56. The summed E-state index contributed by atoms with van der Waals surface area (Å²) in [6.07, 6.45) is 4.85. The first-order valence-electron chi connectivity index (χ1n) is 6.76. The molecular weight excluding hydrogens is 196 g/mol. The van der Waals surface area contributed by atoms with Gasteiger partial charge in [0.05, 0.1) is 5.60 Å². The summed E-state index contributed by atoms with van der Waals surface area (Å²) >= 11 is 0. The maximum atomic E-state index is 10.6. The molecule has 0 saturated heterocycles. The summed E-state index contributed by atoms with van der Waals surface area (Å²) in [6, 6.07) is 0. The third-order valence-corrected chi connectivity index (χ3v) is 6.13. The van der Waals surface area contributed by atoms with E-state index in [2.05, 4.69) is 27.4 Å². The molecule has 0 aromatic heterocycles. The van der Waals surface area contributed by atoms with Crippen molar-refractivity contribution in [1.29, 1.82) is 0 Å². The molecular formula is C15H24O. The van der Waals surface area contributed by atoms with Gasteiger partial charge in [-0.1, -0.05) is 19.1 Å². The molecule has 4 aliphatic rings. The van der Waals surface area contributed by atoms with Gasteiger partial charge in [-0.3, -0.25) is 0 Å². The van der Waals surface area contributed by atoms with Crippen molar-refractivity contribution in [3.05, 3.63) is 12.2 Å². The van der Waals surface area contributed by atoms with Crippen molar-refractivity contribution < 1.29 is 5.11 Å². The van der Waals surface area contributed by atoms with Crippen molar-refractivity contribution >= 4 is 0 Å². The van der Waals surface area contributed by atoms with Gasteiger partial charge >= 0.3 is 0 Å². The Hall–Kier alpha value is -0.300. The van der Waals surface area contributed by atoms with Gasteiger partial charge in [0.1, 0.15) is 0 Å². The maximum Gasteiger partial charge on any atom is 0.0656 e. The van der Waals surface area contributed by atoms with E-state index in [1.54, 1.807) is 0 Å². The van der Waals surface area contributed by atoms with Crippen LogP contribution in [0.4, 0.5) is 0 Å². The van der Waals surface area contributed by atoms with Gasteiger partial charge in [0, 0.05) is 0 Å². The summed E-state index contributed by atoms with van der Waals surface area (Å²) in [6.45, 7) is 10.8. The minimum atomic E-state index is -0.414. The van der Waals surface area contributed by atoms with Crippen LogP contribution in [-0.4, -0.2) is 10.7 Å². The Morgan fingerprint density at radius 3 is 2.50 bits per heavy atom. The van der Waals surface area contributed by atoms with Gasteiger partial charge in [-0.2, -0.15) is 0 Å². The average molecular weight is 220 g/mol. The summed E-state index contributed by atoms with van der Waals surface area (Å²) in [7, 11) is 0. The average Bonchev–Trinajstić information content (AvgIpc) is 2.15. The monoisotopic (exact) mass is 220 g/mol. The minimum Gasteiger partial charge on any atom is -0.390 e. The van der Waals surface area contributed by atoms with E-state index < -0.39 is 5.60 Å². The van der Waals surface area contributed by atoms with E-state index in [4.69, 9.17) is 0 Å². The predicted octanol–water partition coefficient (Wildman–Crippen LogP) is 3.39. The lowest BCUT2D eigenvalue weighted by Crippen LogP contribution is -2.71. The summed E-state index contributed by atoms with van der Waals surface area (Å²) in [4.78, 5) is 0. The number of allylic oxidation sites excluding steroid dienone is 1. The normalized spacial score (nSPS) is 59.0. The topological polar surface area (TPSA) is 20.2 Å². The second-order valence-electron chi connectivity index (χ2n) is 7.05. The Bertz CT molecular complexity index is 343. The number of rotatable bonds is 1. The molecule has 6 unspecified atom stereocenters. The van der Waals surface area contributed by atoms with Gasteiger partial charge in [0.2, 0.25) is 0 Å². The molecule has 0 spiro atoms. The molecule has 16 heavy (non-hydrogen) atoms. The van der Waals surface area contributed by atoms with Crippen LogP contribution < -0.4 is 0 Å². The second-order valence-corrected chi connectivity index (χ2v) is 7.05. The van der Waals surface area contributed by atoms with Gasteiger partial charge in [-0.05, 0) is 68.6 Å². The van der Waals surface area contributed by atoms with Crippen LogP contribution in [0.3, 0.4) is 0 Å². The first-order chi connectivity index (χ1) is 7.38. The van der Waals surface area contributed by atoms with Gasteiger partial charge in [0.15, 0.2) is 0 Å². The third-order valence-electron chi connectivity index (χ3n) is 6.13. The lowest BCUT2D eigenvalue weighted by Gasteiger charge is -2.73. The SMILES string of the molecule is C=C(C)C1CCC2(C)C3CCC(C)(O)C2C13. The largest absolute Gasteiger partial charge is 0.390 e. The molecule has 0 heterocycles. The fraction of sp³-hybridized carbons (Fsp3) is 0.867. The Balaban J connectivity index is 1.97. The summed E-state index contributed by atoms with van der Waals surface area (Å²) in [5.41, 5.74) is 1.38. The standard InChI is InChI=1S/C15H24O/c1-9(2)10-5-7-14(3)11-6-8-15(4,16)13(14)12(10)11/h10-13,16H,1,5-8H2,2-4H3. The zero-order chi connectivity index (χ0) is 11.7. The van der Waals surface area contributed by atoms with Crippen molar-refractivity contribution in [3.63, 3.8) is 0 Å². The molecule has 1 N–H and O–H groups in total. The second kappa shape index (κ2) is 2.93. The van der Waals surface area contributed by atoms with Crippen LogP contribution in [0.5, 0.6) is 0 Å². The van der Waals surface area contributed by atoms with Gasteiger partial charge in [-0.15, -0.1) is 0 Å². The minimum absolute atomic E-state index is 0.414. The number of hydrogen-bond acceptors (Lipinski definition) is 1. The first-order valence-corrected chi connectivity index (χ1v) is 6.76. The molecule has 4 fully saturated rings. The summed E-state index contributed by atoms with van der Waals surface area (Å²) < 4.78 is 0. The van der Waals surface area contributed by atoms with Crippen molar-refractivity contribution in [2.45, 2.75) is 52.1 Å². The van der Waals surface area contributed by atoms with Crippen LogP contribution in [0.25, 0.3) is 0 Å². The Morgan fingerprint density at radius 1 is 1.25 bits per heavy atom. The molecule has 0 radical (unpaired) electrons. The summed E-state index contributed by atoms with van der Waals surface area (Å²) in [5, 5.41) is 10.6. The van der Waals surface area contributed by atoms with Crippen molar-refractivity contribution in [3.8, 4) is 0 Å². The predicted molar refractivity (Wildman–Crippen MR) is 66.0 cm³/mol. The molecule has 0 aromatic carbocycles. The van der Waals surface area contributed by atoms with E-state index in [0.29, 0.717) is 17.3 Å². The van der Waals surface area contributed by atoms with E-state index in [1.165, 1.54) is 24.8 Å². The first kappa shape index (κ1) is 10.8. The molecule has 4 bridgehead atoms. The smallest absolute Gasteiger partial charge is 0.0656 e.